The Morgan fingerprint density at radius 1 is 1.50 bits per heavy atom. The number of benzene rings is 1. The van der Waals surface area contributed by atoms with E-state index in [1.54, 1.807) is 12.1 Å². The van der Waals surface area contributed by atoms with E-state index < -0.39 is 0 Å². The van der Waals surface area contributed by atoms with Gasteiger partial charge in [0.2, 0.25) is 0 Å². The first-order valence-corrected chi connectivity index (χ1v) is 7.46. The van der Waals surface area contributed by atoms with Crippen LogP contribution in [0.5, 0.6) is 0 Å². The van der Waals surface area contributed by atoms with Crippen LogP contribution in [0.3, 0.4) is 0 Å². The number of nitrogens with one attached hydrogen (secondary N) is 1. The number of rotatable bonds is 5. The highest BCUT2D eigenvalue weighted by molar-refractivity contribution is 5.94. The quantitative estimate of drug-likeness (QED) is 0.898. The molecular formula is C16H23FN2O. The SMILES string of the molecule is CCCN(CC1CCCNC1)C(=O)c1cccc(F)c1. The third-order valence-corrected chi connectivity index (χ3v) is 3.73. The molecule has 110 valence electrons. The monoisotopic (exact) mass is 278 g/mol. The minimum absolute atomic E-state index is 0.0584. The van der Waals surface area contributed by atoms with E-state index in [1.807, 2.05) is 4.90 Å². The van der Waals surface area contributed by atoms with Crippen molar-refractivity contribution in [3.63, 3.8) is 0 Å². The van der Waals surface area contributed by atoms with Gasteiger partial charge in [-0.15, -0.1) is 0 Å². The average molecular weight is 278 g/mol. The molecule has 1 fully saturated rings. The fourth-order valence-corrected chi connectivity index (χ4v) is 2.74. The van der Waals surface area contributed by atoms with E-state index in [-0.39, 0.29) is 11.7 Å². The number of carbonyl (C=O) groups is 1. The Bertz CT molecular complexity index is 444. The van der Waals surface area contributed by atoms with Crippen molar-refractivity contribution in [2.45, 2.75) is 26.2 Å². The van der Waals surface area contributed by atoms with E-state index >= 15 is 0 Å². The van der Waals surface area contributed by atoms with E-state index in [9.17, 15) is 9.18 Å². The molecule has 0 saturated carbocycles. The van der Waals surface area contributed by atoms with Crippen molar-refractivity contribution in [2.75, 3.05) is 26.2 Å². The summed E-state index contributed by atoms with van der Waals surface area (Å²) < 4.78 is 13.3. The molecule has 1 heterocycles. The van der Waals surface area contributed by atoms with Gasteiger partial charge in [-0.2, -0.15) is 0 Å². The van der Waals surface area contributed by atoms with Gasteiger partial charge in [-0.3, -0.25) is 4.79 Å². The van der Waals surface area contributed by atoms with Crippen LogP contribution in [-0.4, -0.2) is 37.0 Å². The van der Waals surface area contributed by atoms with Gasteiger partial charge in [-0.05, 0) is 56.5 Å². The molecule has 0 radical (unpaired) electrons. The van der Waals surface area contributed by atoms with Gasteiger partial charge >= 0.3 is 0 Å². The van der Waals surface area contributed by atoms with Crippen LogP contribution in [0.4, 0.5) is 4.39 Å². The van der Waals surface area contributed by atoms with Crippen LogP contribution in [0.25, 0.3) is 0 Å². The van der Waals surface area contributed by atoms with Crippen molar-refractivity contribution < 1.29 is 9.18 Å². The van der Waals surface area contributed by atoms with E-state index in [4.69, 9.17) is 0 Å². The zero-order chi connectivity index (χ0) is 14.4. The molecule has 1 aliphatic rings. The second-order valence-electron chi connectivity index (χ2n) is 5.47. The Balaban J connectivity index is 2.04. The molecule has 1 atom stereocenters. The van der Waals surface area contributed by atoms with Crippen LogP contribution >= 0.6 is 0 Å². The van der Waals surface area contributed by atoms with E-state index in [2.05, 4.69) is 12.2 Å². The lowest BCUT2D eigenvalue weighted by Crippen LogP contribution is -2.41. The van der Waals surface area contributed by atoms with Crippen molar-refractivity contribution in [1.82, 2.24) is 10.2 Å². The molecule has 0 spiro atoms. The summed E-state index contributed by atoms with van der Waals surface area (Å²) in [5, 5.41) is 3.37. The molecular weight excluding hydrogens is 255 g/mol. The topological polar surface area (TPSA) is 32.3 Å². The van der Waals surface area contributed by atoms with E-state index in [1.165, 1.54) is 18.6 Å². The highest BCUT2D eigenvalue weighted by atomic mass is 19.1. The lowest BCUT2D eigenvalue weighted by molar-refractivity contribution is 0.0718. The molecule has 1 aromatic rings. The number of hydrogen-bond acceptors (Lipinski definition) is 2. The fraction of sp³-hybridized carbons (Fsp3) is 0.562. The molecule has 0 aliphatic carbocycles. The number of halogens is 1. The number of amides is 1. The summed E-state index contributed by atoms with van der Waals surface area (Å²) in [6.07, 6.45) is 3.24. The molecule has 2 rings (SSSR count). The Hall–Kier alpha value is -1.42. The second-order valence-corrected chi connectivity index (χ2v) is 5.47. The first-order chi connectivity index (χ1) is 9.70. The summed E-state index contributed by atoms with van der Waals surface area (Å²) in [6, 6.07) is 5.97. The van der Waals surface area contributed by atoms with Gasteiger partial charge in [0, 0.05) is 18.7 Å². The molecule has 0 bridgehead atoms. The summed E-state index contributed by atoms with van der Waals surface area (Å²) in [4.78, 5) is 14.4. The van der Waals surface area contributed by atoms with E-state index in [0.717, 1.165) is 39.0 Å². The van der Waals surface area contributed by atoms with Gasteiger partial charge in [-0.1, -0.05) is 13.0 Å². The predicted molar refractivity (Wildman–Crippen MR) is 78.2 cm³/mol. The summed E-state index contributed by atoms with van der Waals surface area (Å²) in [7, 11) is 0. The maximum absolute atomic E-state index is 13.3. The Kier molecular flexibility index (Phi) is 5.53. The summed E-state index contributed by atoms with van der Waals surface area (Å²) in [5.74, 6) is 0.0939. The molecule has 1 N–H and O–H groups in total. The van der Waals surface area contributed by atoms with Crippen molar-refractivity contribution in [3.05, 3.63) is 35.6 Å². The number of carbonyl (C=O) groups excluding carboxylic acids is 1. The normalized spacial score (nSPS) is 18.8. The lowest BCUT2D eigenvalue weighted by Gasteiger charge is -2.30. The third kappa shape index (κ3) is 4.04. The molecule has 1 saturated heterocycles. The lowest BCUT2D eigenvalue weighted by atomic mass is 9.98. The fourth-order valence-electron chi connectivity index (χ4n) is 2.74. The van der Waals surface area contributed by atoms with Crippen molar-refractivity contribution in [3.8, 4) is 0 Å². The second kappa shape index (κ2) is 7.39. The molecule has 0 aromatic heterocycles. The number of piperidine rings is 1. The molecule has 20 heavy (non-hydrogen) atoms. The predicted octanol–water partition coefficient (Wildman–Crippen LogP) is 2.68. The van der Waals surface area contributed by atoms with Crippen molar-refractivity contribution in [2.24, 2.45) is 5.92 Å². The largest absolute Gasteiger partial charge is 0.338 e. The van der Waals surface area contributed by atoms with Gasteiger partial charge in [0.1, 0.15) is 5.82 Å². The zero-order valence-corrected chi connectivity index (χ0v) is 12.1. The van der Waals surface area contributed by atoms with Crippen LogP contribution < -0.4 is 5.32 Å². The Morgan fingerprint density at radius 3 is 3.00 bits per heavy atom. The first-order valence-electron chi connectivity index (χ1n) is 7.46. The third-order valence-electron chi connectivity index (χ3n) is 3.73. The van der Waals surface area contributed by atoms with Gasteiger partial charge < -0.3 is 10.2 Å². The van der Waals surface area contributed by atoms with Gasteiger partial charge in [0.15, 0.2) is 0 Å². The standard InChI is InChI=1S/C16H23FN2O/c1-2-9-19(12-13-5-4-8-18-11-13)16(20)14-6-3-7-15(17)10-14/h3,6-7,10,13,18H,2,4-5,8-9,11-12H2,1H3. The maximum Gasteiger partial charge on any atom is 0.253 e. The smallest absolute Gasteiger partial charge is 0.253 e. The molecule has 1 unspecified atom stereocenters. The van der Waals surface area contributed by atoms with Gasteiger partial charge in [0.25, 0.3) is 5.91 Å². The van der Waals surface area contributed by atoms with Gasteiger partial charge in [0.05, 0.1) is 0 Å². The molecule has 1 aliphatic heterocycles. The van der Waals surface area contributed by atoms with Crippen molar-refractivity contribution >= 4 is 5.91 Å². The molecule has 3 nitrogen and oxygen atoms in total. The first kappa shape index (κ1) is 15.0. The molecule has 1 amide bonds. The number of hydrogen-bond donors (Lipinski definition) is 1. The summed E-state index contributed by atoms with van der Waals surface area (Å²) in [5.41, 5.74) is 0.446. The van der Waals surface area contributed by atoms with Gasteiger partial charge in [-0.25, -0.2) is 4.39 Å². The maximum atomic E-state index is 13.3. The van der Waals surface area contributed by atoms with Crippen LogP contribution in [0.1, 0.15) is 36.5 Å². The Labute approximate surface area is 120 Å². The minimum Gasteiger partial charge on any atom is -0.338 e. The summed E-state index contributed by atoms with van der Waals surface area (Å²) >= 11 is 0. The molecule has 4 heteroatoms. The highest BCUT2D eigenvalue weighted by Crippen LogP contribution is 2.15. The Morgan fingerprint density at radius 2 is 2.35 bits per heavy atom. The van der Waals surface area contributed by atoms with Crippen LogP contribution in [0.2, 0.25) is 0 Å². The average Bonchev–Trinajstić information content (AvgIpc) is 2.47. The zero-order valence-electron chi connectivity index (χ0n) is 12.1. The molecule has 1 aromatic carbocycles. The minimum atomic E-state index is -0.355. The van der Waals surface area contributed by atoms with Crippen LogP contribution in [0.15, 0.2) is 24.3 Å². The summed E-state index contributed by atoms with van der Waals surface area (Å²) in [6.45, 7) is 5.59. The highest BCUT2D eigenvalue weighted by Gasteiger charge is 2.21. The number of nitrogens with zero attached hydrogens (tertiary/aromatic N) is 1. The van der Waals surface area contributed by atoms with E-state index in [0.29, 0.717) is 11.5 Å². The van der Waals surface area contributed by atoms with Crippen molar-refractivity contribution in [1.29, 1.82) is 0 Å². The van der Waals surface area contributed by atoms with Crippen LogP contribution in [0, 0.1) is 11.7 Å². The van der Waals surface area contributed by atoms with Crippen LogP contribution in [-0.2, 0) is 0 Å².